The first-order valence-electron chi connectivity index (χ1n) is 9.41. The van der Waals surface area contributed by atoms with Crippen LogP contribution in [0.3, 0.4) is 0 Å². The van der Waals surface area contributed by atoms with Crippen molar-refractivity contribution in [2.45, 2.75) is 46.5 Å². The summed E-state index contributed by atoms with van der Waals surface area (Å²) in [4.78, 5) is 12.8. The Morgan fingerprint density at radius 3 is 2.34 bits per heavy atom. The van der Waals surface area contributed by atoms with Crippen molar-refractivity contribution in [2.75, 3.05) is 5.32 Å². The van der Waals surface area contributed by atoms with Gasteiger partial charge in [0.15, 0.2) is 5.69 Å². The number of carbonyl (C=O) groups is 1. The second-order valence-corrected chi connectivity index (χ2v) is 8.52. The third kappa shape index (κ3) is 4.74. The summed E-state index contributed by atoms with van der Waals surface area (Å²) < 4.78 is 41.9. The van der Waals surface area contributed by atoms with E-state index in [1.54, 1.807) is 36.7 Å². The van der Waals surface area contributed by atoms with Gasteiger partial charge < -0.3 is 5.32 Å². The quantitative estimate of drug-likeness (QED) is 0.444. The zero-order valence-corrected chi connectivity index (χ0v) is 19.7. The summed E-state index contributed by atoms with van der Waals surface area (Å²) in [5.74, 6) is -0.559. The molecule has 32 heavy (non-hydrogen) atoms. The van der Waals surface area contributed by atoms with Crippen LogP contribution in [-0.4, -0.2) is 25.5 Å². The van der Waals surface area contributed by atoms with E-state index in [0.29, 0.717) is 33.7 Å². The zero-order valence-electron chi connectivity index (χ0n) is 17.5. The zero-order chi connectivity index (χ0) is 24.0. The number of carbonyl (C=O) groups excluding carboxylic acids is 1. The number of hydrogen-bond donors (Lipinski definition) is 1. The van der Waals surface area contributed by atoms with Crippen molar-refractivity contribution < 1.29 is 18.0 Å². The topological polar surface area (TPSA) is 64.7 Å². The molecular weight excluding hydrogens is 490 g/mol. The molecule has 3 aromatic rings. The lowest BCUT2D eigenvalue weighted by Gasteiger charge is -2.15. The maximum Gasteiger partial charge on any atom is 0.436 e. The van der Waals surface area contributed by atoms with Crippen molar-refractivity contribution in [2.24, 2.45) is 0 Å². The van der Waals surface area contributed by atoms with Gasteiger partial charge in [0.25, 0.3) is 0 Å². The van der Waals surface area contributed by atoms with Crippen molar-refractivity contribution in [1.29, 1.82) is 0 Å². The van der Waals surface area contributed by atoms with E-state index in [2.05, 4.69) is 15.5 Å². The average Bonchev–Trinajstić information content (AvgIpc) is 3.14. The Morgan fingerprint density at radius 2 is 1.78 bits per heavy atom. The molecule has 3 rings (SSSR count). The molecule has 2 heterocycles. The van der Waals surface area contributed by atoms with E-state index in [-0.39, 0.29) is 5.69 Å². The van der Waals surface area contributed by atoms with Gasteiger partial charge >= 0.3 is 6.18 Å². The standard InChI is InChI=1S/C20H19Cl3F3N5O/c1-9-17(11(3)30(28-9)8-13-5-6-14(21)7-15(13)22)27-19(32)12(4)31-10(2)16(23)18(29-31)20(24,25)26/h5-7,12H,8H2,1-4H3,(H,27,32). The lowest BCUT2D eigenvalue weighted by molar-refractivity contribution is -0.141. The summed E-state index contributed by atoms with van der Waals surface area (Å²) in [7, 11) is 0. The monoisotopic (exact) mass is 507 g/mol. The van der Waals surface area contributed by atoms with Crippen molar-refractivity contribution in [3.8, 4) is 0 Å². The van der Waals surface area contributed by atoms with Gasteiger partial charge in [0.05, 0.1) is 34.3 Å². The van der Waals surface area contributed by atoms with Crippen LogP contribution in [0, 0.1) is 20.8 Å². The molecule has 2 aromatic heterocycles. The first-order valence-corrected chi connectivity index (χ1v) is 10.5. The lowest BCUT2D eigenvalue weighted by Crippen LogP contribution is -2.26. The van der Waals surface area contributed by atoms with E-state index in [1.165, 1.54) is 13.8 Å². The predicted octanol–water partition coefficient (Wildman–Crippen LogP) is 6.23. The fourth-order valence-corrected chi connectivity index (χ4v) is 3.94. The minimum absolute atomic E-state index is 0.0446. The van der Waals surface area contributed by atoms with Gasteiger partial charge in [-0.05, 0) is 45.4 Å². The first kappa shape index (κ1) is 24.4. The molecule has 0 fully saturated rings. The number of aromatic nitrogens is 4. The number of benzene rings is 1. The normalized spacial score (nSPS) is 12.8. The van der Waals surface area contributed by atoms with Crippen LogP contribution < -0.4 is 5.32 Å². The maximum absolute atomic E-state index is 13.1. The Bertz CT molecular complexity index is 1190. The summed E-state index contributed by atoms with van der Waals surface area (Å²) >= 11 is 18.0. The van der Waals surface area contributed by atoms with Gasteiger partial charge in [-0.25, -0.2) is 0 Å². The third-order valence-corrected chi connectivity index (χ3v) is 6.10. The van der Waals surface area contributed by atoms with Gasteiger partial charge in [0.2, 0.25) is 5.91 Å². The molecule has 0 saturated carbocycles. The Morgan fingerprint density at radius 1 is 1.12 bits per heavy atom. The predicted molar refractivity (Wildman–Crippen MR) is 118 cm³/mol. The molecule has 6 nitrogen and oxygen atoms in total. The second-order valence-electron chi connectivity index (χ2n) is 7.29. The highest BCUT2D eigenvalue weighted by Crippen LogP contribution is 2.36. The number of anilines is 1. The smallest absolute Gasteiger partial charge is 0.321 e. The molecule has 172 valence electrons. The van der Waals surface area contributed by atoms with Gasteiger partial charge in [-0.2, -0.15) is 23.4 Å². The number of nitrogens with one attached hydrogen (secondary N) is 1. The van der Waals surface area contributed by atoms with E-state index < -0.39 is 28.8 Å². The van der Waals surface area contributed by atoms with Crippen LogP contribution in [0.4, 0.5) is 18.9 Å². The number of alkyl halides is 3. The molecule has 0 aliphatic rings. The van der Waals surface area contributed by atoms with Crippen molar-refractivity contribution in [1.82, 2.24) is 19.6 Å². The summed E-state index contributed by atoms with van der Waals surface area (Å²) in [5.41, 5.74) is 1.26. The summed E-state index contributed by atoms with van der Waals surface area (Å²) in [6.07, 6.45) is -4.72. The van der Waals surface area contributed by atoms with Crippen LogP contribution in [0.2, 0.25) is 15.1 Å². The van der Waals surface area contributed by atoms with Gasteiger partial charge in [-0.3, -0.25) is 14.2 Å². The van der Waals surface area contributed by atoms with Gasteiger partial charge in [0.1, 0.15) is 6.04 Å². The Balaban J connectivity index is 1.84. The number of hydrogen-bond acceptors (Lipinski definition) is 3. The number of nitrogens with zero attached hydrogens (tertiary/aromatic N) is 4. The largest absolute Gasteiger partial charge is 0.436 e. The average molecular weight is 509 g/mol. The summed E-state index contributed by atoms with van der Waals surface area (Å²) in [6.45, 7) is 6.64. The SMILES string of the molecule is Cc1nn(Cc2ccc(Cl)cc2Cl)c(C)c1NC(=O)C(C)n1nc(C(F)(F)F)c(Cl)c1C. The van der Waals surface area contributed by atoms with Crippen molar-refractivity contribution >= 4 is 46.4 Å². The highest BCUT2D eigenvalue weighted by molar-refractivity contribution is 6.35. The highest BCUT2D eigenvalue weighted by atomic mass is 35.5. The Labute approximate surface area is 197 Å². The van der Waals surface area contributed by atoms with E-state index >= 15 is 0 Å². The molecule has 1 N–H and O–H groups in total. The molecule has 12 heteroatoms. The van der Waals surface area contributed by atoms with Crippen molar-refractivity contribution in [3.05, 3.63) is 61.6 Å². The molecule has 1 atom stereocenters. The molecule has 1 amide bonds. The maximum atomic E-state index is 13.1. The van der Waals surface area contributed by atoms with E-state index in [9.17, 15) is 18.0 Å². The van der Waals surface area contributed by atoms with Crippen LogP contribution in [0.5, 0.6) is 0 Å². The molecule has 0 radical (unpaired) electrons. The van der Waals surface area contributed by atoms with Gasteiger partial charge in [-0.15, -0.1) is 0 Å². The summed E-state index contributed by atoms with van der Waals surface area (Å²) in [5, 5.41) is 11.2. The number of rotatable bonds is 5. The molecule has 1 unspecified atom stereocenters. The van der Waals surface area contributed by atoms with E-state index in [4.69, 9.17) is 34.8 Å². The van der Waals surface area contributed by atoms with E-state index in [0.717, 1.165) is 10.2 Å². The molecular formula is C20H19Cl3F3N5O. The lowest BCUT2D eigenvalue weighted by atomic mass is 10.2. The van der Waals surface area contributed by atoms with Crippen LogP contribution in [0.1, 0.15) is 41.3 Å². The fraction of sp³-hybridized carbons (Fsp3) is 0.350. The molecule has 1 aromatic carbocycles. The molecule has 0 bridgehead atoms. The van der Waals surface area contributed by atoms with Crippen LogP contribution >= 0.6 is 34.8 Å². The fourth-order valence-electron chi connectivity index (χ4n) is 3.24. The van der Waals surface area contributed by atoms with Crippen molar-refractivity contribution in [3.63, 3.8) is 0 Å². The molecule has 0 saturated heterocycles. The number of halogens is 6. The number of amides is 1. The first-order chi connectivity index (χ1) is 14.8. The molecule has 0 aliphatic carbocycles. The highest BCUT2D eigenvalue weighted by Gasteiger charge is 2.39. The second kappa shape index (κ2) is 8.96. The minimum atomic E-state index is -4.72. The Kier molecular flexibility index (Phi) is 6.83. The minimum Gasteiger partial charge on any atom is -0.321 e. The third-order valence-electron chi connectivity index (χ3n) is 5.06. The van der Waals surface area contributed by atoms with Crippen LogP contribution in [0.15, 0.2) is 18.2 Å². The summed E-state index contributed by atoms with van der Waals surface area (Å²) in [6, 6.07) is 4.08. The van der Waals surface area contributed by atoms with Crippen LogP contribution in [-0.2, 0) is 17.5 Å². The number of aryl methyl sites for hydroxylation is 1. The Hall–Kier alpha value is -2.23. The van der Waals surface area contributed by atoms with Gasteiger partial charge in [0, 0.05) is 10.0 Å². The molecule has 0 aliphatic heterocycles. The molecule has 0 spiro atoms. The van der Waals surface area contributed by atoms with Crippen LogP contribution in [0.25, 0.3) is 0 Å². The van der Waals surface area contributed by atoms with E-state index in [1.807, 2.05) is 0 Å². The van der Waals surface area contributed by atoms with Gasteiger partial charge in [-0.1, -0.05) is 40.9 Å².